The summed E-state index contributed by atoms with van der Waals surface area (Å²) in [5, 5.41) is 6.44. The molecule has 0 saturated carbocycles. The predicted octanol–water partition coefficient (Wildman–Crippen LogP) is 3.95. The summed E-state index contributed by atoms with van der Waals surface area (Å²) < 4.78 is 46.4. The van der Waals surface area contributed by atoms with Crippen LogP contribution in [0.2, 0.25) is 0 Å². The summed E-state index contributed by atoms with van der Waals surface area (Å²) in [6, 6.07) is 13.2. The Morgan fingerprint density at radius 1 is 1.00 bits per heavy atom. The van der Waals surface area contributed by atoms with E-state index in [-0.39, 0.29) is 6.61 Å². The fourth-order valence-corrected chi connectivity index (χ4v) is 2.62. The smallest absolute Gasteiger partial charge is 0.411 e. The van der Waals surface area contributed by atoms with E-state index in [4.69, 9.17) is 4.74 Å². The number of methoxy groups -OCH3 is 1. The van der Waals surface area contributed by atoms with Gasteiger partial charge in [-0.3, -0.25) is 4.99 Å². The molecule has 0 saturated heterocycles. The van der Waals surface area contributed by atoms with Crippen LogP contribution in [-0.2, 0) is 24.4 Å². The van der Waals surface area contributed by atoms with Crippen molar-refractivity contribution in [3.05, 3.63) is 64.7 Å². The number of benzene rings is 2. The van der Waals surface area contributed by atoms with Crippen molar-refractivity contribution in [2.75, 3.05) is 20.8 Å². The molecule has 2 aromatic carbocycles. The first kappa shape index (κ1) is 22.5. The van der Waals surface area contributed by atoms with Gasteiger partial charge in [-0.25, -0.2) is 0 Å². The van der Waals surface area contributed by atoms with E-state index in [1.807, 2.05) is 37.3 Å². The van der Waals surface area contributed by atoms with Gasteiger partial charge in [0, 0.05) is 25.7 Å². The van der Waals surface area contributed by atoms with Gasteiger partial charge in [-0.15, -0.1) is 0 Å². The predicted molar refractivity (Wildman–Crippen MR) is 107 cm³/mol. The van der Waals surface area contributed by atoms with E-state index >= 15 is 0 Å². The molecule has 158 valence electrons. The average Bonchev–Trinajstić information content (AvgIpc) is 2.69. The fraction of sp³-hybridized carbons (Fsp3) is 0.381. The molecule has 0 amide bonds. The Morgan fingerprint density at radius 2 is 1.66 bits per heavy atom. The topological polar surface area (TPSA) is 54.9 Å². The van der Waals surface area contributed by atoms with E-state index in [0.717, 1.165) is 22.4 Å². The van der Waals surface area contributed by atoms with Crippen LogP contribution < -0.4 is 15.4 Å². The molecule has 5 nitrogen and oxygen atoms in total. The zero-order valence-corrected chi connectivity index (χ0v) is 16.8. The molecule has 0 fully saturated rings. The van der Waals surface area contributed by atoms with Crippen molar-refractivity contribution < 1.29 is 22.6 Å². The molecule has 0 bridgehead atoms. The average molecular weight is 409 g/mol. The van der Waals surface area contributed by atoms with Crippen LogP contribution in [0.4, 0.5) is 13.2 Å². The Morgan fingerprint density at radius 3 is 2.28 bits per heavy atom. The molecule has 0 unspecified atom stereocenters. The number of aryl methyl sites for hydroxylation is 1. The van der Waals surface area contributed by atoms with Gasteiger partial charge in [0.15, 0.2) is 5.96 Å². The van der Waals surface area contributed by atoms with E-state index in [2.05, 4.69) is 20.4 Å². The van der Waals surface area contributed by atoms with Crippen LogP contribution >= 0.6 is 0 Å². The Hall–Kier alpha value is -2.74. The molecule has 2 N–H and O–H groups in total. The lowest BCUT2D eigenvalue weighted by molar-refractivity contribution is -0.176. The second kappa shape index (κ2) is 10.7. The van der Waals surface area contributed by atoms with Gasteiger partial charge in [0.1, 0.15) is 12.4 Å². The lowest BCUT2D eigenvalue weighted by Crippen LogP contribution is -2.36. The van der Waals surface area contributed by atoms with Crippen molar-refractivity contribution >= 4 is 5.96 Å². The van der Waals surface area contributed by atoms with Gasteiger partial charge in [0.05, 0.1) is 13.7 Å². The number of hydrogen-bond acceptors (Lipinski definition) is 3. The number of nitrogens with zero attached hydrogens (tertiary/aromatic N) is 1. The van der Waals surface area contributed by atoms with Crippen molar-refractivity contribution in [3.63, 3.8) is 0 Å². The number of alkyl halides is 3. The second-order valence-electron chi connectivity index (χ2n) is 6.52. The minimum Gasteiger partial charge on any atom is -0.496 e. The van der Waals surface area contributed by atoms with Gasteiger partial charge < -0.3 is 20.1 Å². The Labute approximate surface area is 168 Å². The lowest BCUT2D eigenvalue weighted by Gasteiger charge is -2.14. The molecular formula is C21H26F3N3O2. The van der Waals surface area contributed by atoms with Gasteiger partial charge >= 0.3 is 6.18 Å². The third-order valence-corrected chi connectivity index (χ3v) is 4.13. The Kier molecular flexibility index (Phi) is 8.33. The number of ether oxygens (including phenoxy) is 2. The van der Waals surface area contributed by atoms with Crippen molar-refractivity contribution in [2.24, 2.45) is 4.99 Å². The van der Waals surface area contributed by atoms with Crippen LogP contribution in [0, 0.1) is 6.92 Å². The van der Waals surface area contributed by atoms with E-state index in [1.165, 1.54) is 0 Å². The zero-order valence-electron chi connectivity index (χ0n) is 16.8. The van der Waals surface area contributed by atoms with Crippen LogP contribution in [0.15, 0.2) is 47.5 Å². The SMILES string of the molecule is CN=C(NCc1ccc(COCC(F)(F)F)cc1)NCc1ccc(C)cc1OC. The summed E-state index contributed by atoms with van der Waals surface area (Å²) in [5.74, 6) is 1.45. The number of nitrogens with one attached hydrogen (secondary N) is 2. The highest BCUT2D eigenvalue weighted by Crippen LogP contribution is 2.19. The molecule has 8 heteroatoms. The molecule has 2 aromatic rings. The molecule has 2 rings (SSSR count). The molecule has 0 heterocycles. The van der Waals surface area contributed by atoms with E-state index in [9.17, 15) is 13.2 Å². The lowest BCUT2D eigenvalue weighted by atomic mass is 10.1. The third kappa shape index (κ3) is 8.03. The molecular weight excluding hydrogens is 383 g/mol. The highest BCUT2D eigenvalue weighted by molar-refractivity contribution is 5.79. The first-order valence-electron chi connectivity index (χ1n) is 9.11. The maximum Gasteiger partial charge on any atom is 0.411 e. The summed E-state index contributed by atoms with van der Waals surface area (Å²) in [6.45, 7) is 1.76. The van der Waals surface area contributed by atoms with E-state index in [1.54, 1.807) is 26.3 Å². The van der Waals surface area contributed by atoms with Crippen LogP contribution in [0.1, 0.15) is 22.3 Å². The highest BCUT2D eigenvalue weighted by Gasteiger charge is 2.27. The van der Waals surface area contributed by atoms with Gasteiger partial charge in [0.25, 0.3) is 0 Å². The summed E-state index contributed by atoms with van der Waals surface area (Å²) in [4.78, 5) is 4.20. The second-order valence-corrected chi connectivity index (χ2v) is 6.52. The maximum absolute atomic E-state index is 12.1. The van der Waals surface area contributed by atoms with Crippen LogP contribution in [0.5, 0.6) is 5.75 Å². The van der Waals surface area contributed by atoms with Crippen molar-refractivity contribution in [2.45, 2.75) is 32.8 Å². The van der Waals surface area contributed by atoms with Crippen molar-refractivity contribution in [1.82, 2.24) is 10.6 Å². The zero-order chi connectivity index (χ0) is 21.3. The summed E-state index contributed by atoms with van der Waals surface area (Å²) in [5.41, 5.74) is 3.80. The first-order valence-corrected chi connectivity index (χ1v) is 9.11. The highest BCUT2D eigenvalue weighted by atomic mass is 19.4. The number of rotatable bonds is 8. The first-order chi connectivity index (χ1) is 13.8. The van der Waals surface area contributed by atoms with Crippen molar-refractivity contribution in [3.8, 4) is 5.75 Å². The molecule has 29 heavy (non-hydrogen) atoms. The summed E-state index contributed by atoms with van der Waals surface area (Å²) in [7, 11) is 3.33. The molecule has 0 spiro atoms. The minimum absolute atomic E-state index is 0.0746. The fourth-order valence-electron chi connectivity index (χ4n) is 2.62. The maximum atomic E-state index is 12.1. The minimum atomic E-state index is -4.31. The monoisotopic (exact) mass is 409 g/mol. The molecule has 0 aromatic heterocycles. The Balaban J connectivity index is 1.82. The standard InChI is InChI=1S/C21H26F3N3O2/c1-15-4-9-18(19(10-15)28-3)12-27-20(25-2)26-11-16-5-7-17(8-6-16)13-29-14-21(22,23)24/h4-10H,11-14H2,1-3H3,(H2,25,26,27). The van der Waals surface area contributed by atoms with Crippen LogP contribution in [0.25, 0.3) is 0 Å². The molecule has 0 aliphatic rings. The summed E-state index contributed by atoms with van der Waals surface area (Å²) >= 11 is 0. The number of aliphatic imine (C=N–C) groups is 1. The third-order valence-electron chi connectivity index (χ3n) is 4.13. The quantitative estimate of drug-likeness (QED) is 0.512. The molecule has 0 atom stereocenters. The van der Waals surface area contributed by atoms with Crippen molar-refractivity contribution in [1.29, 1.82) is 0 Å². The number of halogens is 3. The number of hydrogen-bond donors (Lipinski definition) is 2. The van der Waals surface area contributed by atoms with E-state index in [0.29, 0.717) is 24.6 Å². The van der Waals surface area contributed by atoms with E-state index < -0.39 is 12.8 Å². The Bertz CT molecular complexity index is 806. The van der Waals surface area contributed by atoms with Crippen LogP contribution in [0.3, 0.4) is 0 Å². The van der Waals surface area contributed by atoms with Gasteiger partial charge in [-0.1, -0.05) is 36.4 Å². The molecule has 0 radical (unpaired) electrons. The van der Waals surface area contributed by atoms with Gasteiger partial charge in [-0.05, 0) is 29.7 Å². The molecule has 0 aliphatic carbocycles. The molecule has 0 aliphatic heterocycles. The largest absolute Gasteiger partial charge is 0.496 e. The number of guanidine groups is 1. The van der Waals surface area contributed by atoms with Gasteiger partial charge in [-0.2, -0.15) is 13.2 Å². The van der Waals surface area contributed by atoms with Gasteiger partial charge in [0.2, 0.25) is 0 Å². The van der Waals surface area contributed by atoms with Crippen LogP contribution in [-0.4, -0.2) is 32.9 Å². The normalized spacial score (nSPS) is 12.0. The summed E-state index contributed by atoms with van der Waals surface area (Å²) in [6.07, 6.45) is -4.31.